The van der Waals surface area contributed by atoms with Crippen LogP contribution in [0.1, 0.15) is 49.0 Å². The van der Waals surface area contributed by atoms with Gasteiger partial charge in [0.15, 0.2) is 0 Å². The third-order valence-corrected chi connectivity index (χ3v) is 4.66. The number of aryl methyl sites for hydroxylation is 1. The summed E-state index contributed by atoms with van der Waals surface area (Å²) in [4.78, 5) is 12.8. The van der Waals surface area contributed by atoms with E-state index in [-0.39, 0.29) is 23.7 Å². The molecule has 1 atom stereocenters. The fourth-order valence-electron chi connectivity index (χ4n) is 2.51. The second-order valence-electron chi connectivity index (χ2n) is 5.71. The van der Waals surface area contributed by atoms with E-state index in [1.807, 2.05) is 6.92 Å². The Bertz CT molecular complexity index is 449. The zero-order chi connectivity index (χ0) is 13.9. The average Bonchev–Trinajstić information content (AvgIpc) is 2.85. The van der Waals surface area contributed by atoms with Crippen LogP contribution in [0.4, 0.5) is 0 Å². The molecule has 1 aliphatic heterocycles. The number of hydrogen-bond donors (Lipinski definition) is 2. The van der Waals surface area contributed by atoms with E-state index in [1.165, 1.54) is 24.4 Å². The molecule has 1 unspecified atom stereocenters. The molecule has 1 fully saturated rings. The molecule has 0 aromatic carbocycles. The number of piperidine rings is 1. The molecule has 1 aliphatic rings. The molecule has 7 heteroatoms. The standard InChI is InChI=1S/C13H22N4OS.ClH/c1-4-9-11(19-17-16-9)12(18)15-8-10-13(2,3)6-5-7-14-10;/h10,14H,4-8H2,1-3H3,(H,15,18);1H. The summed E-state index contributed by atoms with van der Waals surface area (Å²) in [5, 5.41) is 10.5. The molecule has 2 heterocycles. The van der Waals surface area contributed by atoms with Crippen molar-refractivity contribution in [3.63, 3.8) is 0 Å². The summed E-state index contributed by atoms with van der Waals surface area (Å²) in [5.74, 6) is -0.0463. The van der Waals surface area contributed by atoms with Gasteiger partial charge in [-0.3, -0.25) is 4.79 Å². The zero-order valence-electron chi connectivity index (χ0n) is 12.2. The fourth-order valence-corrected chi connectivity index (χ4v) is 3.17. The molecular weight excluding hydrogens is 296 g/mol. The van der Waals surface area contributed by atoms with Crippen molar-refractivity contribution in [2.45, 2.75) is 46.1 Å². The van der Waals surface area contributed by atoms with Crippen molar-refractivity contribution in [3.05, 3.63) is 10.6 Å². The number of halogens is 1. The Morgan fingerprint density at radius 1 is 1.55 bits per heavy atom. The topological polar surface area (TPSA) is 66.9 Å². The van der Waals surface area contributed by atoms with Gasteiger partial charge in [0.2, 0.25) is 0 Å². The number of amides is 1. The first-order valence-corrected chi connectivity index (χ1v) is 7.64. The van der Waals surface area contributed by atoms with E-state index in [2.05, 4.69) is 34.1 Å². The lowest BCUT2D eigenvalue weighted by Gasteiger charge is -2.39. The molecule has 1 aromatic rings. The summed E-state index contributed by atoms with van der Waals surface area (Å²) in [5.41, 5.74) is 1.02. The molecule has 2 N–H and O–H groups in total. The van der Waals surface area contributed by atoms with E-state index >= 15 is 0 Å². The Hall–Kier alpha value is -0.720. The number of rotatable bonds is 4. The third-order valence-electron chi connectivity index (χ3n) is 3.90. The van der Waals surface area contributed by atoms with Crippen LogP contribution in [0.2, 0.25) is 0 Å². The average molecular weight is 319 g/mol. The predicted octanol–water partition coefficient (Wildman–Crippen LogP) is 2.03. The molecule has 5 nitrogen and oxygen atoms in total. The number of nitrogens with one attached hydrogen (secondary N) is 2. The second-order valence-corrected chi connectivity index (χ2v) is 6.47. The van der Waals surface area contributed by atoms with Gasteiger partial charge in [-0.15, -0.1) is 17.5 Å². The fraction of sp³-hybridized carbons (Fsp3) is 0.769. The molecule has 114 valence electrons. The lowest BCUT2D eigenvalue weighted by molar-refractivity contribution is 0.0932. The molecule has 0 spiro atoms. The molecule has 1 amide bonds. The molecule has 2 rings (SSSR count). The number of hydrogen-bond acceptors (Lipinski definition) is 5. The largest absolute Gasteiger partial charge is 0.350 e. The maximum absolute atomic E-state index is 12.1. The van der Waals surface area contributed by atoms with Crippen molar-refractivity contribution in [3.8, 4) is 0 Å². The Balaban J connectivity index is 0.00000200. The minimum Gasteiger partial charge on any atom is -0.350 e. The van der Waals surface area contributed by atoms with E-state index in [0.717, 1.165) is 18.7 Å². The van der Waals surface area contributed by atoms with Gasteiger partial charge >= 0.3 is 0 Å². The Morgan fingerprint density at radius 2 is 2.30 bits per heavy atom. The van der Waals surface area contributed by atoms with Crippen molar-refractivity contribution >= 4 is 29.8 Å². The molecule has 0 bridgehead atoms. The van der Waals surface area contributed by atoms with Gasteiger partial charge in [-0.2, -0.15) is 0 Å². The van der Waals surface area contributed by atoms with Crippen LogP contribution in [-0.2, 0) is 6.42 Å². The normalized spacial score (nSPS) is 21.1. The quantitative estimate of drug-likeness (QED) is 0.891. The van der Waals surface area contributed by atoms with Crippen LogP contribution in [0, 0.1) is 5.41 Å². The van der Waals surface area contributed by atoms with Gasteiger partial charge in [-0.25, -0.2) is 0 Å². The summed E-state index contributed by atoms with van der Waals surface area (Å²) in [6.45, 7) is 8.18. The Morgan fingerprint density at radius 3 is 2.95 bits per heavy atom. The molecule has 0 radical (unpaired) electrons. The Labute approximate surface area is 130 Å². The first-order valence-electron chi connectivity index (χ1n) is 6.87. The van der Waals surface area contributed by atoms with Crippen LogP contribution in [0.5, 0.6) is 0 Å². The minimum atomic E-state index is -0.0463. The smallest absolute Gasteiger partial charge is 0.265 e. The first kappa shape index (κ1) is 17.3. The van der Waals surface area contributed by atoms with Crippen LogP contribution in [0.15, 0.2) is 0 Å². The summed E-state index contributed by atoms with van der Waals surface area (Å²) in [6, 6.07) is 0.330. The minimum absolute atomic E-state index is 0. The van der Waals surface area contributed by atoms with Crippen molar-refractivity contribution in [2.75, 3.05) is 13.1 Å². The summed E-state index contributed by atoms with van der Waals surface area (Å²) in [6.07, 6.45) is 3.14. The summed E-state index contributed by atoms with van der Waals surface area (Å²) < 4.78 is 3.85. The summed E-state index contributed by atoms with van der Waals surface area (Å²) >= 11 is 1.18. The van der Waals surface area contributed by atoms with Crippen molar-refractivity contribution in [2.24, 2.45) is 5.41 Å². The summed E-state index contributed by atoms with van der Waals surface area (Å²) in [7, 11) is 0. The van der Waals surface area contributed by atoms with E-state index in [9.17, 15) is 4.79 Å². The third kappa shape index (κ3) is 3.90. The predicted molar refractivity (Wildman–Crippen MR) is 83.7 cm³/mol. The van der Waals surface area contributed by atoms with E-state index in [1.54, 1.807) is 0 Å². The zero-order valence-corrected chi connectivity index (χ0v) is 13.9. The van der Waals surface area contributed by atoms with Gasteiger partial charge in [0.05, 0.1) is 5.69 Å². The van der Waals surface area contributed by atoms with Crippen molar-refractivity contribution < 1.29 is 4.79 Å². The van der Waals surface area contributed by atoms with Gasteiger partial charge in [0, 0.05) is 12.6 Å². The van der Waals surface area contributed by atoms with E-state index in [4.69, 9.17) is 0 Å². The molecule has 1 saturated heterocycles. The van der Waals surface area contributed by atoms with E-state index in [0.29, 0.717) is 17.5 Å². The number of aromatic nitrogens is 2. The van der Waals surface area contributed by atoms with Crippen molar-refractivity contribution in [1.29, 1.82) is 0 Å². The maximum atomic E-state index is 12.1. The van der Waals surface area contributed by atoms with Crippen LogP contribution < -0.4 is 10.6 Å². The highest BCUT2D eigenvalue weighted by Gasteiger charge is 2.32. The lowest BCUT2D eigenvalue weighted by Crippen LogP contribution is -2.52. The molecule has 0 saturated carbocycles. The van der Waals surface area contributed by atoms with Crippen LogP contribution in [0.25, 0.3) is 0 Å². The van der Waals surface area contributed by atoms with Crippen LogP contribution in [0.3, 0.4) is 0 Å². The number of nitrogens with zero attached hydrogens (tertiary/aromatic N) is 2. The van der Waals surface area contributed by atoms with E-state index < -0.39 is 0 Å². The van der Waals surface area contributed by atoms with Gasteiger partial charge in [-0.1, -0.05) is 25.3 Å². The maximum Gasteiger partial charge on any atom is 0.265 e. The lowest BCUT2D eigenvalue weighted by atomic mass is 9.77. The molecule has 1 aromatic heterocycles. The highest BCUT2D eigenvalue weighted by molar-refractivity contribution is 7.08. The van der Waals surface area contributed by atoms with Crippen LogP contribution >= 0.6 is 23.9 Å². The van der Waals surface area contributed by atoms with Crippen molar-refractivity contribution in [1.82, 2.24) is 20.2 Å². The first-order chi connectivity index (χ1) is 9.04. The van der Waals surface area contributed by atoms with Gasteiger partial charge in [0.25, 0.3) is 5.91 Å². The number of carbonyl (C=O) groups excluding carboxylic acids is 1. The van der Waals surface area contributed by atoms with Gasteiger partial charge in [-0.05, 0) is 42.8 Å². The van der Waals surface area contributed by atoms with Gasteiger partial charge < -0.3 is 10.6 Å². The Kier molecular flexibility index (Phi) is 6.36. The highest BCUT2D eigenvalue weighted by Crippen LogP contribution is 2.29. The monoisotopic (exact) mass is 318 g/mol. The number of carbonyl (C=O) groups is 1. The SMILES string of the molecule is CCc1nnsc1C(=O)NCC1NCCCC1(C)C.Cl. The molecule has 20 heavy (non-hydrogen) atoms. The molecule has 0 aliphatic carbocycles. The van der Waals surface area contributed by atoms with Crippen LogP contribution in [-0.4, -0.2) is 34.6 Å². The molecular formula is C13H23ClN4OS. The second kappa shape index (κ2) is 7.33. The van der Waals surface area contributed by atoms with Gasteiger partial charge in [0.1, 0.15) is 4.88 Å². The highest BCUT2D eigenvalue weighted by atomic mass is 35.5.